The smallest absolute Gasteiger partial charge is 0.313 e. The van der Waals surface area contributed by atoms with Crippen LogP contribution >= 0.6 is 11.8 Å². The van der Waals surface area contributed by atoms with Crippen molar-refractivity contribution in [3.05, 3.63) is 47.4 Å². The maximum atomic E-state index is 13.2. The van der Waals surface area contributed by atoms with Gasteiger partial charge in [0, 0.05) is 0 Å². The Morgan fingerprint density at radius 3 is 2.90 bits per heavy atom. The van der Waals surface area contributed by atoms with Crippen molar-refractivity contribution in [3.8, 4) is 0 Å². The van der Waals surface area contributed by atoms with E-state index in [4.69, 9.17) is 5.11 Å². The summed E-state index contributed by atoms with van der Waals surface area (Å²) in [4.78, 5) is 10.7. The van der Waals surface area contributed by atoms with Crippen molar-refractivity contribution >= 4 is 17.7 Å². The fraction of sp³-hybridized carbons (Fsp3) is 0.333. The molecule has 112 valence electrons. The number of aromatic nitrogens is 2. The highest BCUT2D eigenvalue weighted by Crippen LogP contribution is 2.21. The summed E-state index contributed by atoms with van der Waals surface area (Å²) in [6.45, 7) is 2.50. The lowest BCUT2D eigenvalue weighted by Crippen LogP contribution is -2.06. The Kier molecular flexibility index (Phi) is 5.38. The van der Waals surface area contributed by atoms with Gasteiger partial charge in [-0.2, -0.15) is 5.10 Å². The third-order valence-electron chi connectivity index (χ3n) is 2.86. The number of hydrogen-bond donors (Lipinski definition) is 1. The molecule has 1 aromatic heterocycles. The summed E-state index contributed by atoms with van der Waals surface area (Å²) in [5, 5.41) is 14.1. The van der Waals surface area contributed by atoms with Crippen molar-refractivity contribution in [1.82, 2.24) is 9.78 Å². The zero-order valence-electron chi connectivity index (χ0n) is 11.8. The van der Waals surface area contributed by atoms with Crippen molar-refractivity contribution in [1.29, 1.82) is 0 Å². The summed E-state index contributed by atoms with van der Waals surface area (Å²) in [6, 6.07) is 8.26. The molecule has 4 nitrogen and oxygen atoms in total. The zero-order chi connectivity index (χ0) is 15.2. The molecular formula is C15H17FN2O2S. The van der Waals surface area contributed by atoms with E-state index in [0.29, 0.717) is 6.54 Å². The van der Waals surface area contributed by atoms with E-state index in [1.54, 1.807) is 10.7 Å². The molecule has 21 heavy (non-hydrogen) atoms. The molecule has 0 radical (unpaired) electrons. The highest BCUT2D eigenvalue weighted by molar-refractivity contribution is 7.99. The number of carbonyl (C=O) groups is 1. The SMILES string of the molecule is CCCc1cc(SCC(=O)O)n(Cc2cccc(F)c2)n1. The quantitative estimate of drug-likeness (QED) is 0.798. The fourth-order valence-electron chi connectivity index (χ4n) is 2.00. The topological polar surface area (TPSA) is 55.1 Å². The molecule has 0 amide bonds. The maximum absolute atomic E-state index is 13.2. The third kappa shape index (κ3) is 4.60. The average molecular weight is 308 g/mol. The molecule has 1 N–H and O–H groups in total. The number of benzene rings is 1. The van der Waals surface area contributed by atoms with Crippen LogP contribution in [0.15, 0.2) is 35.4 Å². The number of thioether (sulfide) groups is 1. The molecule has 0 saturated heterocycles. The molecule has 2 rings (SSSR count). The monoisotopic (exact) mass is 308 g/mol. The lowest BCUT2D eigenvalue weighted by atomic mass is 10.2. The first kappa shape index (κ1) is 15.6. The average Bonchev–Trinajstić information content (AvgIpc) is 2.79. The van der Waals surface area contributed by atoms with Gasteiger partial charge in [-0.25, -0.2) is 4.39 Å². The van der Waals surface area contributed by atoms with Crippen LogP contribution in [0.5, 0.6) is 0 Å². The van der Waals surface area contributed by atoms with E-state index >= 15 is 0 Å². The van der Waals surface area contributed by atoms with Gasteiger partial charge in [0.1, 0.15) is 5.82 Å². The van der Waals surface area contributed by atoms with Crippen LogP contribution in [0, 0.1) is 5.82 Å². The first-order chi connectivity index (χ1) is 10.1. The molecule has 0 aliphatic carbocycles. The molecule has 0 atom stereocenters. The third-order valence-corrected chi connectivity index (χ3v) is 3.88. The highest BCUT2D eigenvalue weighted by atomic mass is 32.2. The van der Waals surface area contributed by atoms with Crippen LogP contribution in [0.25, 0.3) is 0 Å². The first-order valence-corrected chi connectivity index (χ1v) is 7.73. The van der Waals surface area contributed by atoms with Gasteiger partial charge in [-0.15, -0.1) is 0 Å². The Labute approximate surface area is 127 Å². The number of nitrogens with zero attached hydrogens (tertiary/aromatic N) is 2. The molecule has 1 heterocycles. The lowest BCUT2D eigenvalue weighted by Gasteiger charge is -2.06. The molecule has 0 aliphatic heterocycles. The normalized spacial score (nSPS) is 10.8. The Bertz CT molecular complexity index is 628. The van der Waals surface area contributed by atoms with E-state index in [0.717, 1.165) is 29.1 Å². The number of halogens is 1. The predicted molar refractivity (Wildman–Crippen MR) is 80.1 cm³/mol. The molecular weight excluding hydrogens is 291 g/mol. The van der Waals surface area contributed by atoms with Crippen molar-refractivity contribution in [3.63, 3.8) is 0 Å². The van der Waals surface area contributed by atoms with Crippen LogP contribution in [0.3, 0.4) is 0 Å². The summed E-state index contributed by atoms with van der Waals surface area (Å²) in [5.41, 5.74) is 1.74. The van der Waals surface area contributed by atoms with Crippen molar-refractivity contribution in [2.24, 2.45) is 0 Å². The molecule has 2 aromatic rings. The summed E-state index contributed by atoms with van der Waals surface area (Å²) < 4.78 is 15.0. The minimum Gasteiger partial charge on any atom is -0.481 e. The van der Waals surface area contributed by atoms with Gasteiger partial charge < -0.3 is 5.11 Å². The Balaban J connectivity index is 2.20. The number of carboxylic acid groups (broad SMARTS) is 1. The van der Waals surface area contributed by atoms with Crippen LogP contribution in [0.1, 0.15) is 24.6 Å². The van der Waals surface area contributed by atoms with Crippen LogP contribution in [-0.2, 0) is 17.8 Å². The minimum atomic E-state index is -0.865. The summed E-state index contributed by atoms with van der Waals surface area (Å²) in [7, 11) is 0. The second kappa shape index (κ2) is 7.26. The van der Waals surface area contributed by atoms with Gasteiger partial charge in [-0.3, -0.25) is 9.48 Å². The van der Waals surface area contributed by atoms with Crippen molar-refractivity contribution in [2.45, 2.75) is 31.3 Å². The molecule has 0 fully saturated rings. The first-order valence-electron chi connectivity index (χ1n) is 6.74. The molecule has 0 saturated carbocycles. The Hall–Kier alpha value is -1.82. The number of aryl methyl sites for hydroxylation is 1. The van der Waals surface area contributed by atoms with E-state index in [1.807, 2.05) is 12.1 Å². The molecule has 0 unspecified atom stereocenters. The molecule has 0 spiro atoms. The van der Waals surface area contributed by atoms with Gasteiger partial charge in [-0.1, -0.05) is 37.2 Å². The second-order valence-corrected chi connectivity index (χ2v) is 5.69. The largest absolute Gasteiger partial charge is 0.481 e. The minimum absolute atomic E-state index is 0.0135. The van der Waals surface area contributed by atoms with Gasteiger partial charge in [0.05, 0.1) is 23.0 Å². The molecule has 0 aliphatic rings. The highest BCUT2D eigenvalue weighted by Gasteiger charge is 2.11. The van der Waals surface area contributed by atoms with Crippen molar-refractivity contribution < 1.29 is 14.3 Å². The van der Waals surface area contributed by atoms with Crippen LogP contribution < -0.4 is 0 Å². The Morgan fingerprint density at radius 1 is 1.43 bits per heavy atom. The standard InChI is InChI=1S/C15H17FN2O2S/c1-2-4-13-8-14(21-10-15(19)20)18(17-13)9-11-5-3-6-12(16)7-11/h3,5-8H,2,4,9-10H2,1H3,(H,19,20). The second-order valence-electron chi connectivity index (χ2n) is 4.69. The van der Waals surface area contributed by atoms with Gasteiger partial charge in [0.25, 0.3) is 0 Å². The van der Waals surface area contributed by atoms with Gasteiger partial charge >= 0.3 is 5.97 Å². The van der Waals surface area contributed by atoms with E-state index in [9.17, 15) is 9.18 Å². The summed E-state index contributed by atoms with van der Waals surface area (Å²) in [6.07, 6.45) is 1.82. The number of rotatable bonds is 7. The van der Waals surface area contributed by atoms with Gasteiger partial charge in [0.15, 0.2) is 0 Å². The molecule has 6 heteroatoms. The van der Waals surface area contributed by atoms with Crippen LogP contribution in [0.2, 0.25) is 0 Å². The molecule has 0 bridgehead atoms. The summed E-state index contributed by atoms with van der Waals surface area (Å²) >= 11 is 1.23. The number of hydrogen-bond acceptors (Lipinski definition) is 3. The molecule has 1 aromatic carbocycles. The van der Waals surface area contributed by atoms with Crippen LogP contribution in [0.4, 0.5) is 4.39 Å². The zero-order valence-corrected chi connectivity index (χ0v) is 12.6. The van der Waals surface area contributed by atoms with Crippen molar-refractivity contribution in [2.75, 3.05) is 5.75 Å². The number of aliphatic carboxylic acids is 1. The van der Waals surface area contributed by atoms with E-state index in [-0.39, 0.29) is 11.6 Å². The summed E-state index contributed by atoms with van der Waals surface area (Å²) in [5.74, 6) is -1.16. The van der Waals surface area contributed by atoms with E-state index in [2.05, 4.69) is 12.0 Å². The van der Waals surface area contributed by atoms with E-state index in [1.165, 1.54) is 23.9 Å². The number of carboxylic acids is 1. The Morgan fingerprint density at radius 2 is 2.24 bits per heavy atom. The van der Waals surface area contributed by atoms with E-state index < -0.39 is 5.97 Å². The fourth-order valence-corrected chi connectivity index (χ4v) is 2.75. The predicted octanol–water partition coefficient (Wildman–Crippen LogP) is 3.20. The van der Waals surface area contributed by atoms with Gasteiger partial charge in [-0.05, 0) is 30.2 Å². The van der Waals surface area contributed by atoms with Crippen LogP contribution in [-0.4, -0.2) is 26.6 Å². The van der Waals surface area contributed by atoms with Gasteiger partial charge in [0.2, 0.25) is 0 Å². The lowest BCUT2D eigenvalue weighted by molar-refractivity contribution is -0.133. The maximum Gasteiger partial charge on any atom is 0.313 e.